The summed E-state index contributed by atoms with van der Waals surface area (Å²) in [6.07, 6.45) is 2.23. The monoisotopic (exact) mass is 196 g/mol. The van der Waals surface area contributed by atoms with E-state index >= 15 is 0 Å². The van der Waals surface area contributed by atoms with E-state index in [1.165, 1.54) is 16.4 Å². The van der Waals surface area contributed by atoms with E-state index in [4.69, 9.17) is 0 Å². The fourth-order valence-electron chi connectivity index (χ4n) is 1.09. The van der Waals surface area contributed by atoms with Gasteiger partial charge in [0, 0.05) is 0 Å². The average molecular weight is 195 g/mol. The number of hydrogen-bond donors (Lipinski definition) is 0. The Balaban J connectivity index is 2.54. The van der Waals surface area contributed by atoms with E-state index in [-0.39, 0.29) is 0 Å². The Hall–Kier alpha value is -0.521. The Morgan fingerprint density at radius 2 is 2.10 bits per heavy atom. The Morgan fingerprint density at radius 3 is 3.00 bits per heavy atom. The molecule has 1 aromatic rings. The minimum absolute atomic E-state index is 0.717. The van der Waals surface area contributed by atoms with Gasteiger partial charge in [-0.2, -0.15) is 0 Å². The molecular weight excluding hydrogens is 187 g/mol. The molecular formula is C9H8Se. The van der Waals surface area contributed by atoms with Gasteiger partial charge in [0.25, 0.3) is 0 Å². The molecule has 0 nitrogen and oxygen atoms in total. The summed E-state index contributed by atoms with van der Waals surface area (Å²) in [5, 5.41) is 1.28. The summed E-state index contributed by atoms with van der Waals surface area (Å²) in [7, 11) is 0. The summed E-state index contributed by atoms with van der Waals surface area (Å²) < 4.78 is 0. The van der Waals surface area contributed by atoms with Crippen molar-refractivity contribution in [3.05, 3.63) is 40.4 Å². The third-order valence-electron chi connectivity index (χ3n) is 1.64. The topological polar surface area (TPSA) is 0 Å². The van der Waals surface area contributed by atoms with E-state index < -0.39 is 0 Å². The Bertz CT molecular complexity index is 263. The van der Waals surface area contributed by atoms with Gasteiger partial charge in [-0.15, -0.1) is 0 Å². The first-order chi connectivity index (χ1) is 4.97. The van der Waals surface area contributed by atoms with Gasteiger partial charge in [-0.1, -0.05) is 0 Å². The van der Waals surface area contributed by atoms with Crippen LogP contribution in [-0.4, -0.2) is 15.0 Å². The number of rotatable bonds is 0. The van der Waals surface area contributed by atoms with Crippen molar-refractivity contribution in [2.45, 2.75) is 5.32 Å². The van der Waals surface area contributed by atoms with Gasteiger partial charge in [-0.05, 0) is 0 Å². The van der Waals surface area contributed by atoms with Crippen LogP contribution in [0.4, 0.5) is 0 Å². The van der Waals surface area contributed by atoms with Crippen LogP contribution in [0, 0.1) is 0 Å². The molecule has 0 fully saturated rings. The van der Waals surface area contributed by atoms with Crippen molar-refractivity contribution in [1.82, 2.24) is 0 Å². The van der Waals surface area contributed by atoms with Crippen LogP contribution in [0.25, 0.3) is 6.08 Å². The van der Waals surface area contributed by atoms with E-state index in [0.717, 1.165) is 0 Å². The van der Waals surface area contributed by atoms with Gasteiger partial charge in [0.05, 0.1) is 0 Å². The Labute approximate surface area is 67.1 Å². The molecule has 0 aromatic heterocycles. The van der Waals surface area contributed by atoms with E-state index in [0.29, 0.717) is 15.0 Å². The van der Waals surface area contributed by atoms with Crippen molar-refractivity contribution in [2.75, 3.05) is 0 Å². The van der Waals surface area contributed by atoms with E-state index in [1.807, 2.05) is 0 Å². The second kappa shape index (κ2) is 2.61. The molecule has 0 spiro atoms. The first-order valence-electron chi connectivity index (χ1n) is 3.33. The van der Waals surface area contributed by atoms with Crippen LogP contribution in [-0.2, 0) is 5.32 Å². The van der Waals surface area contributed by atoms with Crippen LogP contribution in [0.3, 0.4) is 0 Å². The molecule has 0 radical (unpaired) electrons. The third kappa shape index (κ3) is 1.03. The first kappa shape index (κ1) is 6.21. The van der Waals surface area contributed by atoms with Gasteiger partial charge in [-0.25, -0.2) is 0 Å². The van der Waals surface area contributed by atoms with Gasteiger partial charge >= 0.3 is 66.7 Å². The fraction of sp³-hybridized carbons (Fsp3) is 0.111. The van der Waals surface area contributed by atoms with E-state index in [2.05, 4.69) is 35.3 Å². The van der Waals surface area contributed by atoms with Crippen LogP contribution >= 0.6 is 0 Å². The molecule has 1 aromatic carbocycles. The predicted octanol–water partition coefficient (Wildman–Crippen LogP) is 1.88. The van der Waals surface area contributed by atoms with Crippen LogP contribution in [0.5, 0.6) is 0 Å². The molecule has 0 bridgehead atoms. The Morgan fingerprint density at radius 1 is 1.20 bits per heavy atom. The van der Waals surface area contributed by atoms with E-state index in [1.54, 1.807) is 0 Å². The number of benzene rings is 1. The summed E-state index contributed by atoms with van der Waals surface area (Å²) in [5.74, 6) is 0. The SMILES string of the molecule is C1=Cc2ccccc2C[Se]1. The third-order valence-corrected chi connectivity index (χ3v) is 3.33. The van der Waals surface area contributed by atoms with Crippen molar-refractivity contribution in [3.8, 4) is 0 Å². The van der Waals surface area contributed by atoms with E-state index in [9.17, 15) is 0 Å². The Kier molecular flexibility index (Phi) is 1.62. The van der Waals surface area contributed by atoms with Crippen LogP contribution in [0.2, 0.25) is 0 Å². The summed E-state index contributed by atoms with van der Waals surface area (Å²) in [6.45, 7) is 0. The molecule has 1 heteroatoms. The number of fused-ring (bicyclic) bond motifs is 1. The average Bonchev–Trinajstić information content (AvgIpc) is 2.05. The maximum atomic E-state index is 2.30. The molecule has 2 rings (SSSR count). The second-order valence-electron chi connectivity index (χ2n) is 2.31. The zero-order valence-corrected chi connectivity index (χ0v) is 7.29. The fourth-order valence-corrected chi connectivity index (χ4v) is 2.73. The quantitative estimate of drug-likeness (QED) is 0.554. The van der Waals surface area contributed by atoms with Gasteiger partial charge in [-0.3, -0.25) is 0 Å². The molecule has 10 heavy (non-hydrogen) atoms. The van der Waals surface area contributed by atoms with Crippen molar-refractivity contribution in [3.63, 3.8) is 0 Å². The molecule has 1 aliphatic rings. The van der Waals surface area contributed by atoms with Gasteiger partial charge < -0.3 is 0 Å². The van der Waals surface area contributed by atoms with Crippen molar-refractivity contribution in [1.29, 1.82) is 0 Å². The zero-order valence-electron chi connectivity index (χ0n) is 5.58. The van der Waals surface area contributed by atoms with Gasteiger partial charge in [0.2, 0.25) is 0 Å². The number of hydrogen-bond acceptors (Lipinski definition) is 0. The van der Waals surface area contributed by atoms with Crippen LogP contribution in [0.15, 0.2) is 29.2 Å². The summed E-state index contributed by atoms with van der Waals surface area (Å²) in [6, 6.07) is 8.62. The van der Waals surface area contributed by atoms with Gasteiger partial charge in [0.15, 0.2) is 0 Å². The standard InChI is InChI=1S/C9H8Se/c1-2-4-9-7-10-6-5-8(9)3-1/h1-6H,7H2. The zero-order chi connectivity index (χ0) is 6.81. The summed E-state index contributed by atoms with van der Waals surface area (Å²) in [5.41, 5.74) is 2.93. The van der Waals surface area contributed by atoms with Crippen LogP contribution < -0.4 is 0 Å². The van der Waals surface area contributed by atoms with Crippen molar-refractivity contribution in [2.24, 2.45) is 0 Å². The molecule has 50 valence electrons. The molecule has 0 aliphatic carbocycles. The first-order valence-corrected chi connectivity index (χ1v) is 5.53. The normalized spacial score (nSPS) is 14.8. The molecule has 0 saturated carbocycles. The minimum atomic E-state index is 0.717. The van der Waals surface area contributed by atoms with Crippen molar-refractivity contribution >= 4 is 21.0 Å². The molecule has 0 N–H and O–H groups in total. The van der Waals surface area contributed by atoms with Crippen LogP contribution in [0.1, 0.15) is 11.1 Å². The second-order valence-corrected chi connectivity index (χ2v) is 4.19. The van der Waals surface area contributed by atoms with Crippen molar-refractivity contribution < 1.29 is 0 Å². The molecule has 0 unspecified atom stereocenters. The summed E-state index contributed by atoms with van der Waals surface area (Å²) >= 11 is 0.717. The summed E-state index contributed by atoms with van der Waals surface area (Å²) in [4.78, 5) is 2.30. The molecule has 0 amide bonds. The molecule has 0 saturated heterocycles. The molecule has 0 atom stereocenters. The molecule has 1 aliphatic heterocycles. The molecule has 1 heterocycles. The van der Waals surface area contributed by atoms with Gasteiger partial charge in [0.1, 0.15) is 0 Å². The maximum absolute atomic E-state index is 2.30. The predicted molar refractivity (Wildman–Crippen MR) is 44.9 cm³/mol.